The second kappa shape index (κ2) is 8.28. The second-order valence-corrected chi connectivity index (χ2v) is 7.00. The molecule has 2 atom stereocenters. The maximum Gasteiger partial charge on any atom is 0.269 e. The summed E-state index contributed by atoms with van der Waals surface area (Å²) in [5.41, 5.74) is 8.82. The molecular formula is C20H24N4O3. The molecule has 0 aromatic heterocycles. The molecule has 0 saturated carbocycles. The zero-order valence-electron chi connectivity index (χ0n) is 15.3. The molecule has 1 aliphatic heterocycles. The monoisotopic (exact) mass is 368 g/mol. The van der Waals surface area contributed by atoms with Gasteiger partial charge in [-0.3, -0.25) is 14.9 Å². The topological polar surface area (TPSA) is 102 Å². The van der Waals surface area contributed by atoms with Gasteiger partial charge in [0.15, 0.2) is 0 Å². The molecule has 3 N–H and O–H groups in total. The number of nitro groups is 1. The van der Waals surface area contributed by atoms with Gasteiger partial charge < -0.3 is 16.0 Å². The highest BCUT2D eigenvalue weighted by atomic mass is 16.6. The fourth-order valence-electron chi connectivity index (χ4n) is 3.52. The smallest absolute Gasteiger partial charge is 0.269 e. The standard InChI is InChI=1S/C20H24N4O3/c1-14-11-16(24(26)27)7-8-19(14)22-20(25)9-10-23-12-17(18(21)13-23)15-5-3-2-4-6-15/h2-8,11,17-18H,9-10,12-13,21H2,1H3,(H,22,25)/t17-,18+/m0/s1. The van der Waals surface area contributed by atoms with Crippen LogP contribution in [0, 0.1) is 17.0 Å². The lowest BCUT2D eigenvalue weighted by Gasteiger charge is -2.16. The van der Waals surface area contributed by atoms with Crippen molar-refractivity contribution in [2.75, 3.05) is 25.0 Å². The normalized spacial score (nSPS) is 19.8. The second-order valence-electron chi connectivity index (χ2n) is 7.00. The zero-order valence-corrected chi connectivity index (χ0v) is 15.3. The zero-order chi connectivity index (χ0) is 19.4. The molecule has 2 aromatic rings. The molecule has 7 nitrogen and oxygen atoms in total. The van der Waals surface area contributed by atoms with Gasteiger partial charge in [0.25, 0.3) is 5.69 Å². The maximum atomic E-state index is 12.3. The van der Waals surface area contributed by atoms with Gasteiger partial charge in [-0.25, -0.2) is 0 Å². The molecule has 1 saturated heterocycles. The molecule has 2 aromatic carbocycles. The van der Waals surface area contributed by atoms with Crippen LogP contribution in [0.25, 0.3) is 0 Å². The van der Waals surface area contributed by atoms with Gasteiger partial charge in [-0.15, -0.1) is 0 Å². The lowest BCUT2D eigenvalue weighted by atomic mass is 9.95. The van der Waals surface area contributed by atoms with E-state index in [4.69, 9.17) is 5.73 Å². The molecule has 1 heterocycles. The number of likely N-dealkylation sites (tertiary alicyclic amines) is 1. The van der Waals surface area contributed by atoms with Crippen LogP contribution < -0.4 is 11.1 Å². The van der Waals surface area contributed by atoms with Crippen molar-refractivity contribution in [3.05, 3.63) is 69.8 Å². The van der Waals surface area contributed by atoms with E-state index in [1.807, 2.05) is 18.2 Å². The number of rotatable bonds is 6. The number of amides is 1. The van der Waals surface area contributed by atoms with Gasteiger partial charge in [0.05, 0.1) is 4.92 Å². The van der Waals surface area contributed by atoms with Gasteiger partial charge >= 0.3 is 0 Å². The number of benzene rings is 2. The van der Waals surface area contributed by atoms with E-state index in [-0.39, 0.29) is 23.6 Å². The van der Waals surface area contributed by atoms with E-state index in [9.17, 15) is 14.9 Å². The van der Waals surface area contributed by atoms with E-state index in [0.29, 0.717) is 24.2 Å². The van der Waals surface area contributed by atoms with Crippen LogP contribution in [0.5, 0.6) is 0 Å². The number of nitro benzene ring substituents is 1. The lowest BCUT2D eigenvalue weighted by molar-refractivity contribution is -0.384. The van der Waals surface area contributed by atoms with Crippen molar-refractivity contribution in [2.45, 2.75) is 25.3 Å². The first-order valence-corrected chi connectivity index (χ1v) is 9.02. The molecule has 0 radical (unpaired) electrons. The molecule has 3 rings (SSSR count). The Labute approximate surface area is 158 Å². The summed E-state index contributed by atoms with van der Waals surface area (Å²) in [4.78, 5) is 24.8. The van der Waals surface area contributed by atoms with Crippen LogP contribution in [0.1, 0.15) is 23.5 Å². The molecule has 7 heteroatoms. The SMILES string of the molecule is Cc1cc([N+](=O)[O-])ccc1NC(=O)CCN1C[C@@H](N)[C@H](c2ccccc2)C1. The fourth-order valence-corrected chi connectivity index (χ4v) is 3.52. The minimum absolute atomic E-state index is 0.0171. The third-order valence-electron chi connectivity index (χ3n) is 5.02. The number of anilines is 1. The summed E-state index contributed by atoms with van der Waals surface area (Å²) >= 11 is 0. The van der Waals surface area contributed by atoms with Crippen molar-refractivity contribution in [2.24, 2.45) is 5.73 Å². The number of nitrogens with two attached hydrogens (primary N) is 1. The van der Waals surface area contributed by atoms with E-state index in [2.05, 4.69) is 22.3 Å². The van der Waals surface area contributed by atoms with Crippen LogP contribution in [-0.2, 0) is 4.79 Å². The van der Waals surface area contributed by atoms with E-state index >= 15 is 0 Å². The third kappa shape index (κ3) is 4.69. The molecule has 1 amide bonds. The molecule has 0 bridgehead atoms. The summed E-state index contributed by atoms with van der Waals surface area (Å²) < 4.78 is 0. The Hall–Kier alpha value is -2.77. The Balaban J connectivity index is 1.52. The van der Waals surface area contributed by atoms with Crippen molar-refractivity contribution >= 4 is 17.3 Å². The molecule has 0 unspecified atom stereocenters. The Bertz CT molecular complexity index is 825. The number of carbonyl (C=O) groups is 1. The van der Waals surface area contributed by atoms with Gasteiger partial charge in [-0.05, 0) is 24.1 Å². The molecule has 0 aliphatic carbocycles. The van der Waals surface area contributed by atoms with Crippen molar-refractivity contribution in [3.8, 4) is 0 Å². The number of nitrogens with one attached hydrogen (secondary N) is 1. The minimum atomic E-state index is -0.446. The number of hydrogen-bond donors (Lipinski definition) is 2. The number of non-ortho nitro benzene ring substituents is 1. The number of aryl methyl sites for hydroxylation is 1. The van der Waals surface area contributed by atoms with Gasteiger partial charge in [0.1, 0.15) is 0 Å². The highest BCUT2D eigenvalue weighted by Gasteiger charge is 2.31. The molecule has 1 fully saturated rings. The first kappa shape index (κ1) is 19.0. The van der Waals surface area contributed by atoms with Crippen LogP contribution in [-0.4, -0.2) is 41.4 Å². The van der Waals surface area contributed by atoms with Gasteiger partial charge in [0, 0.05) is 55.8 Å². The van der Waals surface area contributed by atoms with Crippen molar-refractivity contribution in [1.82, 2.24) is 4.90 Å². The van der Waals surface area contributed by atoms with E-state index in [1.54, 1.807) is 13.0 Å². The average Bonchev–Trinajstić information content (AvgIpc) is 3.03. The third-order valence-corrected chi connectivity index (χ3v) is 5.02. The summed E-state index contributed by atoms with van der Waals surface area (Å²) in [6, 6.07) is 14.7. The largest absolute Gasteiger partial charge is 0.326 e. The maximum absolute atomic E-state index is 12.3. The Kier molecular flexibility index (Phi) is 5.83. The predicted molar refractivity (Wildman–Crippen MR) is 105 cm³/mol. The van der Waals surface area contributed by atoms with Gasteiger partial charge in [-0.2, -0.15) is 0 Å². The number of nitrogens with zero attached hydrogens (tertiary/aromatic N) is 2. The first-order valence-electron chi connectivity index (χ1n) is 9.02. The van der Waals surface area contributed by atoms with Crippen molar-refractivity contribution in [3.63, 3.8) is 0 Å². The van der Waals surface area contributed by atoms with Gasteiger partial charge in [-0.1, -0.05) is 30.3 Å². The Morgan fingerprint density at radius 2 is 2.00 bits per heavy atom. The quantitative estimate of drug-likeness (QED) is 0.603. The highest BCUT2D eigenvalue weighted by molar-refractivity contribution is 5.91. The summed E-state index contributed by atoms with van der Waals surface area (Å²) in [6.45, 7) is 3.99. The molecule has 1 aliphatic rings. The minimum Gasteiger partial charge on any atom is -0.326 e. The summed E-state index contributed by atoms with van der Waals surface area (Å²) in [6.07, 6.45) is 0.352. The Morgan fingerprint density at radius 1 is 1.26 bits per heavy atom. The fraction of sp³-hybridized carbons (Fsp3) is 0.350. The van der Waals surface area contributed by atoms with Crippen LogP contribution >= 0.6 is 0 Å². The lowest BCUT2D eigenvalue weighted by Crippen LogP contribution is -2.30. The van der Waals surface area contributed by atoms with E-state index in [0.717, 1.165) is 13.1 Å². The Morgan fingerprint density at radius 3 is 2.67 bits per heavy atom. The molecule has 142 valence electrons. The van der Waals surface area contributed by atoms with Crippen molar-refractivity contribution < 1.29 is 9.72 Å². The highest BCUT2D eigenvalue weighted by Crippen LogP contribution is 2.26. The van der Waals surface area contributed by atoms with Crippen LogP contribution in [0.3, 0.4) is 0 Å². The van der Waals surface area contributed by atoms with Crippen LogP contribution in [0.2, 0.25) is 0 Å². The number of carbonyl (C=O) groups excluding carboxylic acids is 1. The molecular weight excluding hydrogens is 344 g/mol. The summed E-state index contributed by atoms with van der Waals surface area (Å²) in [5.74, 6) is 0.176. The van der Waals surface area contributed by atoms with Crippen LogP contribution in [0.15, 0.2) is 48.5 Å². The van der Waals surface area contributed by atoms with Crippen LogP contribution in [0.4, 0.5) is 11.4 Å². The molecule has 27 heavy (non-hydrogen) atoms. The predicted octanol–water partition coefficient (Wildman–Crippen LogP) is 2.66. The van der Waals surface area contributed by atoms with E-state index in [1.165, 1.54) is 17.7 Å². The summed E-state index contributed by atoms with van der Waals surface area (Å²) in [7, 11) is 0. The van der Waals surface area contributed by atoms with E-state index < -0.39 is 4.92 Å². The summed E-state index contributed by atoms with van der Waals surface area (Å²) in [5, 5.41) is 13.6. The van der Waals surface area contributed by atoms with Crippen molar-refractivity contribution in [1.29, 1.82) is 0 Å². The average molecular weight is 368 g/mol. The number of hydrogen-bond acceptors (Lipinski definition) is 5. The van der Waals surface area contributed by atoms with Gasteiger partial charge in [0.2, 0.25) is 5.91 Å². The first-order chi connectivity index (χ1) is 12.9. The molecule has 0 spiro atoms.